The molecular weight excluding hydrogens is 328 g/mol. The highest BCUT2D eigenvalue weighted by Gasteiger charge is 2.28. The summed E-state index contributed by atoms with van der Waals surface area (Å²) in [6.45, 7) is 3.40. The van der Waals surface area contributed by atoms with Crippen LogP contribution in [0.1, 0.15) is 34.7 Å². The lowest BCUT2D eigenvalue weighted by Gasteiger charge is -2.12. The summed E-state index contributed by atoms with van der Waals surface area (Å²) in [7, 11) is 0. The minimum atomic E-state index is -0.800. The van der Waals surface area contributed by atoms with E-state index in [4.69, 9.17) is 9.47 Å². The summed E-state index contributed by atoms with van der Waals surface area (Å²) < 4.78 is 9.93. The molecule has 0 aliphatic carbocycles. The Bertz CT molecular complexity index is 819. The van der Waals surface area contributed by atoms with Gasteiger partial charge in [0, 0.05) is 17.8 Å². The van der Waals surface area contributed by atoms with Crippen molar-refractivity contribution in [1.29, 1.82) is 0 Å². The molecule has 1 aromatic carbocycles. The number of rotatable bonds is 6. The number of hydrogen-bond acceptors (Lipinski definition) is 7. The molecule has 0 bridgehead atoms. The number of hydrogen-bond donors (Lipinski definition) is 0. The predicted molar refractivity (Wildman–Crippen MR) is 88.2 cm³/mol. The lowest BCUT2D eigenvalue weighted by Crippen LogP contribution is -2.17. The number of ether oxygens (including phenoxy) is 2. The maximum atomic E-state index is 12.4. The number of benzene rings is 1. The molecule has 0 saturated heterocycles. The molecule has 0 aliphatic rings. The Morgan fingerprint density at radius 3 is 2.32 bits per heavy atom. The van der Waals surface area contributed by atoms with Gasteiger partial charge in [-0.3, -0.25) is 10.1 Å². The van der Waals surface area contributed by atoms with Crippen LogP contribution in [0.5, 0.6) is 0 Å². The maximum Gasteiger partial charge on any atom is 0.357 e. The molecule has 2 rings (SSSR count). The van der Waals surface area contributed by atoms with Crippen LogP contribution >= 0.6 is 0 Å². The van der Waals surface area contributed by atoms with E-state index in [1.165, 1.54) is 30.5 Å². The second kappa shape index (κ2) is 8.00. The number of nitro groups is 1. The fraction of sp³-hybridized carbons (Fsp3) is 0.235. The Morgan fingerprint density at radius 2 is 1.68 bits per heavy atom. The minimum absolute atomic E-state index is 0.0757. The van der Waals surface area contributed by atoms with Gasteiger partial charge in [-0.25, -0.2) is 14.6 Å². The Labute approximate surface area is 143 Å². The Kier molecular flexibility index (Phi) is 5.78. The van der Waals surface area contributed by atoms with Crippen LogP contribution in [0.4, 0.5) is 5.69 Å². The molecule has 25 heavy (non-hydrogen) atoms. The molecule has 0 atom stereocenters. The standard InChI is InChI=1S/C17H16N2O6/c1-3-24-16(20)14-12(9-10-18-15(14)17(21)25-4-2)11-7-5-6-8-13(11)19(22)23/h5-10H,3-4H2,1-2H3. The largest absolute Gasteiger partial charge is 0.462 e. The number of aromatic nitrogens is 1. The van der Waals surface area contributed by atoms with Crippen molar-refractivity contribution in [2.75, 3.05) is 13.2 Å². The van der Waals surface area contributed by atoms with Crippen LogP contribution in [0.2, 0.25) is 0 Å². The maximum absolute atomic E-state index is 12.4. The lowest BCUT2D eigenvalue weighted by molar-refractivity contribution is -0.384. The van der Waals surface area contributed by atoms with Gasteiger partial charge in [0.2, 0.25) is 0 Å². The molecule has 0 saturated carbocycles. The first kappa shape index (κ1) is 18.1. The van der Waals surface area contributed by atoms with Gasteiger partial charge in [0.1, 0.15) is 5.56 Å². The molecule has 0 fully saturated rings. The number of nitro benzene ring substituents is 1. The van der Waals surface area contributed by atoms with E-state index >= 15 is 0 Å². The number of pyridine rings is 1. The second-order valence-corrected chi connectivity index (χ2v) is 4.80. The zero-order valence-electron chi connectivity index (χ0n) is 13.7. The highest BCUT2D eigenvalue weighted by molar-refractivity contribution is 6.07. The van der Waals surface area contributed by atoms with Crippen LogP contribution in [0, 0.1) is 10.1 Å². The van der Waals surface area contributed by atoms with Crippen molar-refractivity contribution in [2.24, 2.45) is 0 Å². The normalized spacial score (nSPS) is 10.2. The van der Waals surface area contributed by atoms with Crippen molar-refractivity contribution in [3.8, 4) is 11.1 Å². The van der Waals surface area contributed by atoms with Gasteiger partial charge >= 0.3 is 11.9 Å². The summed E-state index contributed by atoms with van der Waals surface area (Å²) in [6, 6.07) is 7.35. The van der Waals surface area contributed by atoms with Crippen LogP contribution in [0.25, 0.3) is 11.1 Å². The summed E-state index contributed by atoms with van der Waals surface area (Å²) in [5.74, 6) is -1.60. The van der Waals surface area contributed by atoms with Crippen molar-refractivity contribution in [3.63, 3.8) is 0 Å². The monoisotopic (exact) mass is 344 g/mol. The molecule has 8 nitrogen and oxygen atoms in total. The lowest BCUT2D eigenvalue weighted by atomic mass is 9.97. The summed E-state index contributed by atoms with van der Waals surface area (Å²) in [5.41, 5.74) is -0.227. The SMILES string of the molecule is CCOC(=O)c1nccc(-c2ccccc2[N+](=O)[O-])c1C(=O)OCC. The smallest absolute Gasteiger partial charge is 0.357 e. The predicted octanol–water partition coefficient (Wildman–Crippen LogP) is 3.01. The van der Waals surface area contributed by atoms with Crippen molar-refractivity contribution in [3.05, 3.63) is 57.9 Å². The van der Waals surface area contributed by atoms with Gasteiger partial charge in [-0.15, -0.1) is 0 Å². The van der Waals surface area contributed by atoms with E-state index in [0.29, 0.717) is 0 Å². The van der Waals surface area contributed by atoms with E-state index in [1.54, 1.807) is 19.9 Å². The van der Waals surface area contributed by atoms with Gasteiger partial charge in [0.25, 0.3) is 5.69 Å². The molecule has 0 aliphatic heterocycles. The molecule has 1 aromatic heterocycles. The third kappa shape index (κ3) is 3.79. The average Bonchev–Trinajstić information content (AvgIpc) is 2.61. The Hall–Kier alpha value is -3.29. The number of esters is 2. The van der Waals surface area contributed by atoms with Gasteiger partial charge in [-0.05, 0) is 26.0 Å². The van der Waals surface area contributed by atoms with E-state index in [0.717, 1.165) is 0 Å². The number of para-hydroxylation sites is 1. The highest BCUT2D eigenvalue weighted by atomic mass is 16.6. The summed E-state index contributed by atoms with van der Waals surface area (Å²) in [4.78, 5) is 39.2. The third-order valence-electron chi connectivity index (χ3n) is 3.29. The number of carbonyl (C=O) groups is 2. The first-order valence-corrected chi connectivity index (χ1v) is 7.58. The summed E-state index contributed by atoms with van der Waals surface area (Å²) in [5, 5.41) is 11.3. The minimum Gasteiger partial charge on any atom is -0.462 e. The molecule has 1 heterocycles. The number of nitrogens with zero attached hydrogens (tertiary/aromatic N) is 2. The van der Waals surface area contributed by atoms with E-state index in [9.17, 15) is 19.7 Å². The quantitative estimate of drug-likeness (QED) is 0.450. The van der Waals surface area contributed by atoms with Crippen LogP contribution in [0.3, 0.4) is 0 Å². The molecule has 0 radical (unpaired) electrons. The second-order valence-electron chi connectivity index (χ2n) is 4.80. The number of carbonyl (C=O) groups excluding carboxylic acids is 2. The van der Waals surface area contributed by atoms with Gasteiger partial charge in [0.05, 0.1) is 23.7 Å². The van der Waals surface area contributed by atoms with E-state index in [2.05, 4.69) is 4.98 Å². The summed E-state index contributed by atoms with van der Waals surface area (Å²) >= 11 is 0. The van der Waals surface area contributed by atoms with Crippen LogP contribution < -0.4 is 0 Å². The average molecular weight is 344 g/mol. The van der Waals surface area contributed by atoms with Crippen molar-refractivity contribution in [1.82, 2.24) is 4.98 Å². The Balaban J connectivity index is 2.74. The van der Waals surface area contributed by atoms with Crippen LogP contribution in [-0.2, 0) is 9.47 Å². The van der Waals surface area contributed by atoms with Crippen molar-refractivity contribution >= 4 is 17.6 Å². The van der Waals surface area contributed by atoms with E-state index < -0.39 is 16.9 Å². The molecular formula is C17H16N2O6. The van der Waals surface area contributed by atoms with E-state index in [-0.39, 0.29) is 41.3 Å². The topological polar surface area (TPSA) is 109 Å². The zero-order valence-corrected chi connectivity index (χ0v) is 13.7. The van der Waals surface area contributed by atoms with Crippen molar-refractivity contribution < 1.29 is 24.0 Å². The third-order valence-corrected chi connectivity index (χ3v) is 3.29. The highest BCUT2D eigenvalue weighted by Crippen LogP contribution is 2.33. The Morgan fingerprint density at radius 1 is 1.04 bits per heavy atom. The molecule has 0 N–H and O–H groups in total. The summed E-state index contributed by atoms with van der Waals surface area (Å²) in [6.07, 6.45) is 1.29. The molecule has 0 unspecified atom stereocenters. The molecule has 8 heteroatoms. The first-order valence-electron chi connectivity index (χ1n) is 7.58. The fourth-order valence-electron chi connectivity index (χ4n) is 2.31. The van der Waals surface area contributed by atoms with E-state index in [1.807, 2.05) is 0 Å². The van der Waals surface area contributed by atoms with Crippen LogP contribution in [0.15, 0.2) is 36.5 Å². The molecule has 2 aromatic rings. The zero-order chi connectivity index (χ0) is 18.4. The van der Waals surface area contributed by atoms with Gasteiger partial charge in [0.15, 0.2) is 5.69 Å². The van der Waals surface area contributed by atoms with Gasteiger partial charge in [-0.1, -0.05) is 12.1 Å². The van der Waals surface area contributed by atoms with Crippen molar-refractivity contribution in [2.45, 2.75) is 13.8 Å². The molecule has 130 valence electrons. The molecule has 0 spiro atoms. The first-order chi connectivity index (χ1) is 12.0. The van der Waals surface area contributed by atoms with Crippen LogP contribution in [-0.4, -0.2) is 35.1 Å². The molecule has 0 amide bonds. The van der Waals surface area contributed by atoms with Gasteiger partial charge in [-0.2, -0.15) is 0 Å². The van der Waals surface area contributed by atoms with Gasteiger partial charge < -0.3 is 9.47 Å². The fourth-order valence-corrected chi connectivity index (χ4v) is 2.31.